The Balaban J connectivity index is 0.000000507. The molecular weight excluding hydrogens is 550 g/mol. The Hall–Kier alpha value is -4.38. The number of hydrogen-bond acceptors (Lipinski definition) is 5. The van der Waals surface area contributed by atoms with Gasteiger partial charge in [-0.05, 0) is 72.9 Å². The molecule has 1 amide bonds. The maximum absolute atomic E-state index is 12.8. The van der Waals surface area contributed by atoms with Gasteiger partial charge in [0.2, 0.25) is 5.91 Å². The molecule has 0 saturated carbocycles. The van der Waals surface area contributed by atoms with E-state index in [4.69, 9.17) is 16.3 Å². The van der Waals surface area contributed by atoms with Gasteiger partial charge in [-0.25, -0.2) is 4.79 Å². The van der Waals surface area contributed by atoms with Gasteiger partial charge in [-0.3, -0.25) is 9.79 Å². The van der Waals surface area contributed by atoms with Crippen molar-refractivity contribution in [2.75, 3.05) is 13.2 Å². The van der Waals surface area contributed by atoms with Crippen LogP contribution in [0.15, 0.2) is 119 Å². The average Bonchev–Trinajstić information content (AvgIpc) is 3.12. The first-order valence-corrected chi connectivity index (χ1v) is 14.1. The van der Waals surface area contributed by atoms with E-state index in [1.807, 2.05) is 85.7 Å². The summed E-state index contributed by atoms with van der Waals surface area (Å²) in [5.41, 5.74) is 4.00. The number of fused-ring (bicyclic) bond motifs is 1. The number of nitrogens with zero attached hydrogens (tertiary/aromatic N) is 2. The Labute approximate surface area is 252 Å². The molecule has 0 bridgehead atoms. The number of amidine groups is 1. The summed E-state index contributed by atoms with van der Waals surface area (Å²) >= 11 is 5.54. The molecule has 3 atom stereocenters. The molecule has 0 radical (unpaired) electrons. The Morgan fingerprint density at radius 1 is 1.17 bits per heavy atom. The minimum absolute atomic E-state index is 0.115. The van der Waals surface area contributed by atoms with Crippen molar-refractivity contribution in [3.8, 4) is 11.8 Å². The monoisotopic (exact) mass is 583 g/mol. The first-order valence-electron chi connectivity index (χ1n) is 13.8. The summed E-state index contributed by atoms with van der Waals surface area (Å²) in [6, 6.07) is 7.70. The van der Waals surface area contributed by atoms with Crippen LogP contribution >= 0.6 is 11.6 Å². The van der Waals surface area contributed by atoms with Crippen molar-refractivity contribution < 1.29 is 19.4 Å². The van der Waals surface area contributed by atoms with Crippen LogP contribution in [-0.2, 0) is 14.3 Å². The second kappa shape index (κ2) is 15.0. The lowest BCUT2D eigenvalue weighted by Gasteiger charge is -2.21. The quantitative estimate of drug-likeness (QED) is 0.391. The van der Waals surface area contributed by atoms with Crippen LogP contribution in [0.2, 0.25) is 5.02 Å². The number of aliphatic carboxylic acids is 1. The number of carbonyl (C=O) groups is 2. The number of halogens is 1. The normalized spacial score (nSPS) is 20.9. The third kappa shape index (κ3) is 9.07. The van der Waals surface area contributed by atoms with E-state index >= 15 is 0 Å². The smallest absolute Gasteiger partial charge is 0.326 e. The molecule has 0 fully saturated rings. The van der Waals surface area contributed by atoms with E-state index in [-0.39, 0.29) is 6.42 Å². The molecule has 216 valence electrons. The van der Waals surface area contributed by atoms with Crippen LogP contribution in [0.1, 0.15) is 26.7 Å². The van der Waals surface area contributed by atoms with Crippen LogP contribution in [0.5, 0.6) is 0 Å². The van der Waals surface area contributed by atoms with Crippen molar-refractivity contribution in [3.05, 3.63) is 119 Å². The van der Waals surface area contributed by atoms with Crippen LogP contribution in [0.25, 0.3) is 0 Å². The van der Waals surface area contributed by atoms with Gasteiger partial charge in [0.15, 0.2) is 0 Å². The second-order valence-corrected chi connectivity index (χ2v) is 10.5. The van der Waals surface area contributed by atoms with Gasteiger partial charge in [0.05, 0.1) is 13.2 Å². The number of ether oxygens (including phenoxy) is 1. The van der Waals surface area contributed by atoms with Crippen LogP contribution in [-0.4, -0.2) is 59.1 Å². The van der Waals surface area contributed by atoms with Gasteiger partial charge in [-0.1, -0.05) is 78.1 Å². The Bertz CT molecular complexity index is 1490. The lowest BCUT2D eigenvalue weighted by atomic mass is 10.0. The van der Waals surface area contributed by atoms with E-state index in [2.05, 4.69) is 34.3 Å². The number of hydrogen-bond donors (Lipinski definition) is 2. The summed E-state index contributed by atoms with van der Waals surface area (Å²) in [6.07, 6.45) is 20.0. The highest BCUT2D eigenvalue weighted by molar-refractivity contribution is 6.30. The molecule has 2 aliphatic carbocycles. The second-order valence-electron chi connectivity index (χ2n) is 10.1. The molecule has 1 aromatic carbocycles. The van der Waals surface area contributed by atoms with E-state index < -0.39 is 30.1 Å². The highest BCUT2D eigenvalue weighted by Gasteiger charge is 2.32. The van der Waals surface area contributed by atoms with Crippen LogP contribution < -0.4 is 5.32 Å². The van der Waals surface area contributed by atoms with Crippen LogP contribution in [0.3, 0.4) is 0 Å². The zero-order valence-electron chi connectivity index (χ0n) is 23.7. The maximum Gasteiger partial charge on any atom is 0.326 e. The molecule has 2 aliphatic heterocycles. The predicted molar refractivity (Wildman–Crippen MR) is 167 cm³/mol. The molecule has 2 N–H and O–H groups in total. The highest BCUT2D eigenvalue weighted by atomic mass is 35.5. The number of carboxylic acids is 1. The van der Waals surface area contributed by atoms with Crippen LogP contribution in [0, 0.1) is 11.8 Å². The molecule has 42 heavy (non-hydrogen) atoms. The highest BCUT2D eigenvalue weighted by Crippen LogP contribution is 2.22. The van der Waals surface area contributed by atoms with Crippen molar-refractivity contribution in [2.45, 2.75) is 44.9 Å². The van der Waals surface area contributed by atoms with Gasteiger partial charge in [0.1, 0.15) is 24.0 Å². The number of rotatable bonds is 8. The topological polar surface area (TPSA) is 91.2 Å². The molecular formula is C34H34ClN3O4. The molecule has 2 heterocycles. The fourth-order valence-electron chi connectivity index (χ4n) is 4.36. The lowest BCUT2D eigenvalue weighted by molar-refractivity contribution is -0.141. The maximum atomic E-state index is 12.8. The third-order valence-corrected chi connectivity index (χ3v) is 7.08. The molecule has 0 spiro atoms. The van der Waals surface area contributed by atoms with Gasteiger partial charge >= 0.3 is 5.97 Å². The first kappa shape index (κ1) is 30.6. The molecule has 8 heteroatoms. The van der Waals surface area contributed by atoms with E-state index in [0.717, 1.165) is 34.0 Å². The summed E-state index contributed by atoms with van der Waals surface area (Å²) in [7, 11) is 0. The summed E-state index contributed by atoms with van der Waals surface area (Å²) in [5, 5.41) is 13.2. The minimum atomic E-state index is -1.10. The summed E-state index contributed by atoms with van der Waals surface area (Å²) in [6.45, 7) is 4.83. The number of benzene rings is 1. The van der Waals surface area contributed by atoms with Crippen molar-refractivity contribution >= 4 is 29.3 Å². The van der Waals surface area contributed by atoms with Crippen molar-refractivity contribution in [2.24, 2.45) is 4.99 Å². The molecule has 4 aliphatic rings. The largest absolute Gasteiger partial charge is 0.480 e. The molecule has 1 aromatic rings. The zero-order valence-corrected chi connectivity index (χ0v) is 24.4. The van der Waals surface area contributed by atoms with Crippen molar-refractivity contribution in [1.82, 2.24) is 10.2 Å². The molecule has 5 rings (SSSR count). The summed E-state index contributed by atoms with van der Waals surface area (Å²) < 4.78 is 5.90. The van der Waals surface area contributed by atoms with Gasteiger partial charge < -0.3 is 20.1 Å². The van der Waals surface area contributed by atoms with E-state index in [1.54, 1.807) is 12.2 Å². The van der Waals surface area contributed by atoms with E-state index in [0.29, 0.717) is 18.7 Å². The summed E-state index contributed by atoms with van der Waals surface area (Å²) in [4.78, 5) is 31.1. The number of aliphatic imine (C=N–C) groups is 1. The number of amides is 1. The first-order chi connectivity index (χ1) is 20.3. The molecule has 3 unspecified atom stereocenters. The molecule has 7 nitrogen and oxygen atoms in total. The van der Waals surface area contributed by atoms with E-state index in [9.17, 15) is 14.7 Å². The fraction of sp³-hybridized carbons (Fsp3) is 0.265. The van der Waals surface area contributed by atoms with Gasteiger partial charge in [0, 0.05) is 17.6 Å². The van der Waals surface area contributed by atoms with Gasteiger partial charge in [0.25, 0.3) is 0 Å². The SMILES string of the molecule is CC1=CC2=NC(C(=O)NC(CC3=CC#CC(OCC4=CCC=CC=C4)C=C3)C(=O)O)CN2C=C1C.Clc1ccccc1. The Morgan fingerprint density at radius 3 is 2.71 bits per heavy atom. The molecule has 0 aromatic heterocycles. The minimum Gasteiger partial charge on any atom is -0.480 e. The number of carboxylic acid groups (broad SMARTS) is 1. The number of carbonyl (C=O) groups excluding carboxylic acids is 1. The third-order valence-electron chi connectivity index (χ3n) is 6.83. The number of allylic oxidation sites excluding steroid dienone is 8. The fourth-order valence-corrected chi connectivity index (χ4v) is 4.51. The van der Waals surface area contributed by atoms with Gasteiger partial charge in [-0.2, -0.15) is 0 Å². The predicted octanol–water partition coefficient (Wildman–Crippen LogP) is 5.56. The van der Waals surface area contributed by atoms with E-state index in [1.165, 1.54) is 0 Å². The van der Waals surface area contributed by atoms with Gasteiger partial charge in [-0.15, -0.1) is 0 Å². The lowest BCUT2D eigenvalue weighted by Crippen LogP contribution is -2.46. The molecule has 0 saturated heterocycles. The van der Waals surface area contributed by atoms with Crippen molar-refractivity contribution in [3.63, 3.8) is 0 Å². The zero-order chi connectivity index (χ0) is 29.9. The van der Waals surface area contributed by atoms with Crippen molar-refractivity contribution in [1.29, 1.82) is 0 Å². The summed E-state index contributed by atoms with van der Waals surface area (Å²) in [5.74, 6) is 5.18. The Morgan fingerprint density at radius 2 is 1.98 bits per heavy atom. The standard InChI is InChI=1S/C28H29N3O4.C6H5Cl/c1-19-14-26-29-25(17-31(26)16-20(19)2)27(32)30-24(28(33)34)15-21-10-7-11-23(13-12-21)35-18-22-8-5-3-4-6-9-22;7-6-4-2-1-3-5-6/h3-5,8-10,12-14,16,23-25H,6,15,17-18H2,1-2H3,(H,30,32)(H,33,34);1-5H. The number of nitrogens with one attached hydrogen (secondary N) is 1. The van der Waals surface area contributed by atoms with Crippen LogP contribution in [0.4, 0.5) is 0 Å². The average molecular weight is 584 g/mol. The Kier molecular flexibility index (Phi) is 10.9.